The molecule has 1 N–H and O–H groups in total. The number of hydrogen-bond donors (Lipinski definition) is 1. The predicted molar refractivity (Wildman–Crippen MR) is 113 cm³/mol. The number of aliphatic hydroxyl groups excluding tert-OH is 1. The molecule has 3 atom stereocenters. The van der Waals surface area contributed by atoms with Crippen molar-refractivity contribution in [1.29, 1.82) is 0 Å². The van der Waals surface area contributed by atoms with Crippen LogP contribution in [0.2, 0.25) is 0 Å². The molecule has 1 aliphatic carbocycles. The van der Waals surface area contributed by atoms with Crippen molar-refractivity contribution in [2.24, 2.45) is 11.3 Å². The van der Waals surface area contributed by atoms with E-state index in [1.54, 1.807) is 0 Å². The van der Waals surface area contributed by atoms with Crippen LogP contribution in [-0.2, 0) is 11.2 Å². The van der Waals surface area contributed by atoms with Gasteiger partial charge >= 0.3 is 0 Å². The summed E-state index contributed by atoms with van der Waals surface area (Å²) in [7, 11) is 0. The van der Waals surface area contributed by atoms with Crippen LogP contribution >= 0.6 is 0 Å². The molecule has 31 heavy (non-hydrogen) atoms. The summed E-state index contributed by atoms with van der Waals surface area (Å²) in [4.78, 5) is 18.9. The number of likely N-dealkylation sites (tertiary alicyclic amines) is 1. The van der Waals surface area contributed by atoms with Gasteiger partial charge in [-0.3, -0.25) is 4.79 Å². The number of piperidine rings is 1. The first-order valence-corrected chi connectivity index (χ1v) is 11.0. The van der Waals surface area contributed by atoms with E-state index >= 15 is 0 Å². The van der Waals surface area contributed by atoms with Crippen molar-refractivity contribution in [3.63, 3.8) is 0 Å². The molecule has 2 fully saturated rings. The fraction of sp³-hybridized carbons (Fsp3) is 0.458. The first-order chi connectivity index (χ1) is 15.1. The van der Waals surface area contributed by atoms with Crippen molar-refractivity contribution >= 4 is 5.91 Å². The molecule has 1 amide bonds. The van der Waals surface area contributed by atoms with Gasteiger partial charge in [0.2, 0.25) is 5.91 Å². The highest BCUT2D eigenvalue weighted by Gasteiger charge is 2.58. The van der Waals surface area contributed by atoms with Gasteiger partial charge in [-0.1, -0.05) is 29.4 Å². The Labute approximate surface area is 180 Å². The minimum Gasteiger partial charge on any atom is -0.392 e. The Balaban J connectivity index is 1.14. The van der Waals surface area contributed by atoms with E-state index in [0.717, 1.165) is 30.7 Å². The van der Waals surface area contributed by atoms with Gasteiger partial charge in [-0.25, -0.2) is 4.98 Å². The normalized spacial score (nSPS) is 25.9. The number of rotatable bonds is 3. The van der Waals surface area contributed by atoms with E-state index in [9.17, 15) is 9.90 Å². The van der Waals surface area contributed by atoms with Crippen LogP contribution < -0.4 is 0 Å². The summed E-state index contributed by atoms with van der Waals surface area (Å²) in [5, 5.41) is 15.3. The molecule has 2 aliphatic heterocycles. The molecular weight excluding hydrogens is 392 g/mol. The minimum atomic E-state index is -0.366. The second-order valence-electron chi connectivity index (χ2n) is 9.38. The molecule has 1 saturated carbocycles. The highest BCUT2D eigenvalue weighted by Crippen LogP contribution is 2.59. The highest BCUT2D eigenvalue weighted by molar-refractivity contribution is 5.78. The highest BCUT2D eigenvalue weighted by atomic mass is 16.5. The molecule has 4 heterocycles. The molecule has 6 rings (SSSR count). The van der Waals surface area contributed by atoms with Crippen LogP contribution in [-0.4, -0.2) is 49.8 Å². The number of carbonyl (C=O) groups excluding carboxylic acids is 1. The number of aliphatic hydroxyl groups is 1. The average Bonchev–Trinajstić information content (AvgIpc) is 3.49. The number of amides is 1. The molecule has 2 aromatic heterocycles. The van der Waals surface area contributed by atoms with E-state index in [0.29, 0.717) is 18.8 Å². The predicted octanol–water partition coefficient (Wildman–Crippen LogP) is 2.98. The Morgan fingerprint density at radius 2 is 2.10 bits per heavy atom. The summed E-state index contributed by atoms with van der Waals surface area (Å²) < 4.78 is 7.30. The Morgan fingerprint density at radius 1 is 1.29 bits per heavy atom. The SMILES string of the molecule is Cc1cc(CC(=O)N2CCC3(CC2)C[C@@H]([C@H]2c4ccccc4-c4cncn42)[C@H]3O)no1. The molecule has 1 spiro atoms. The fourth-order valence-corrected chi connectivity index (χ4v) is 6.06. The van der Waals surface area contributed by atoms with Crippen molar-refractivity contribution in [1.82, 2.24) is 19.6 Å². The van der Waals surface area contributed by atoms with Gasteiger partial charge in [-0.15, -0.1) is 0 Å². The smallest absolute Gasteiger partial charge is 0.228 e. The van der Waals surface area contributed by atoms with Gasteiger partial charge in [0.25, 0.3) is 0 Å². The van der Waals surface area contributed by atoms with Gasteiger partial charge in [-0.2, -0.15) is 0 Å². The van der Waals surface area contributed by atoms with Gasteiger partial charge in [-0.05, 0) is 31.7 Å². The van der Waals surface area contributed by atoms with Crippen LogP contribution in [0.1, 0.15) is 42.3 Å². The second-order valence-corrected chi connectivity index (χ2v) is 9.38. The second kappa shape index (κ2) is 6.79. The Morgan fingerprint density at radius 3 is 2.84 bits per heavy atom. The Bertz CT molecular complexity index is 1140. The minimum absolute atomic E-state index is 0.0792. The monoisotopic (exact) mass is 418 g/mol. The number of fused-ring (bicyclic) bond motifs is 3. The van der Waals surface area contributed by atoms with Crippen LogP contribution in [0, 0.1) is 18.3 Å². The molecule has 1 saturated heterocycles. The summed E-state index contributed by atoms with van der Waals surface area (Å²) >= 11 is 0. The third kappa shape index (κ3) is 2.79. The molecule has 0 radical (unpaired) electrons. The van der Waals surface area contributed by atoms with E-state index in [4.69, 9.17) is 4.52 Å². The van der Waals surface area contributed by atoms with Gasteiger partial charge in [0.1, 0.15) is 5.76 Å². The summed E-state index contributed by atoms with van der Waals surface area (Å²) in [5.74, 6) is 0.983. The van der Waals surface area contributed by atoms with E-state index in [2.05, 4.69) is 39.0 Å². The molecule has 3 aromatic rings. The lowest BCUT2D eigenvalue weighted by molar-refractivity contribution is -0.164. The number of benzene rings is 1. The zero-order valence-electron chi connectivity index (χ0n) is 17.6. The molecule has 1 aromatic carbocycles. The molecular formula is C24H26N4O3. The van der Waals surface area contributed by atoms with Gasteiger partial charge < -0.3 is 19.1 Å². The first-order valence-electron chi connectivity index (χ1n) is 11.0. The van der Waals surface area contributed by atoms with Crippen LogP contribution in [0.3, 0.4) is 0 Å². The number of aryl methyl sites for hydroxylation is 1. The van der Waals surface area contributed by atoms with Crippen molar-refractivity contribution < 1.29 is 14.4 Å². The number of nitrogens with zero attached hydrogens (tertiary/aromatic N) is 4. The lowest BCUT2D eigenvalue weighted by atomic mass is 9.53. The van der Waals surface area contributed by atoms with Gasteiger partial charge in [0, 0.05) is 36.1 Å². The molecule has 7 heteroatoms. The topological polar surface area (TPSA) is 84.4 Å². The van der Waals surface area contributed by atoms with E-state index in [1.807, 2.05) is 30.4 Å². The van der Waals surface area contributed by atoms with Crippen molar-refractivity contribution in [3.05, 3.63) is 59.9 Å². The summed E-state index contributed by atoms with van der Waals surface area (Å²) in [6.07, 6.45) is 6.39. The number of carbonyl (C=O) groups is 1. The lowest BCUT2D eigenvalue weighted by Gasteiger charge is -2.58. The van der Waals surface area contributed by atoms with Crippen molar-refractivity contribution in [2.75, 3.05) is 13.1 Å². The number of hydrogen-bond acceptors (Lipinski definition) is 5. The van der Waals surface area contributed by atoms with E-state index in [-0.39, 0.29) is 35.8 Å². The maximum absolute atomic E-state index is 12.7. The molecule has 7 nitrogen and oxygen atoms in total. The largest absolute Gasteiger partial charge is 0.392 e. The first kappa shape index (κ1) is 18.8. The van der Waals surface area contributed by atoms with E-state index < -0.39 is 0 Å². The molecule has 3 aliphatic rings. The van der Waals surface area contributed by atoms with Crippen LogP contribution in [0.15, 0.2) is 47.4 Å². The van der Waals surface area contributed by atoms with E-state index in [1.165, 1.54) is 11.1 Å². The van der Waals surface area contributed by atoms with Crippen LogP contribution in [0.25, 0.3) is 11.3 Å². The average molecular weight is 418 g/mol. The quantitative estimate of drug-likeness (QED) is 0.707. The fourth-order valence-electron chi connectivity index (χ4n) is 6.06. The standard InChI is InChI=1S/C24H26N4O3/c1-15-10-16(26-31-15)11-21(29)27-8-6-24(7-9-27)12-19(23(24)30)22-18-5-3-2-4-17(18)20-13-25-14-28(20)22/h2-5,10,13-14,19,22-23,30H,6-9,11-12H2,1H3/t19-,22+,23+/m0/s1. The molecule has 0 bridgehead atoms. The summed E-state index contributed by atoms with van der Waals surface area (Å²) in [6.45, 7) is 3.21. The lowest BCUT2D eigenvalue weighted by Crippen LogP contribution is -2.60. The third-order valence-electron chi connectivity index (χ3n) is 7.72. The maximum Gasteiger partial charge on any atom is 0.228 e. The third-order valence-corrected chi connectivity index (χ3v) is 7.72. The van der Waals surface area contributed by atoms with Gasteiger partial charge in [0.15, 0.2) is 0 Å². The van der Waals surface area contributed by atoms with Crippen molar-refractivity contribution in [2.45, 2.75) is 44.8 Å². The summed E-state index contributed by atoms with van der Waals surface area (Å²) in [5.41, 5.74) is 4.25. The number of imidazole rings is 1. The maximum atomic E-state index is 12.7. The number of aromatic nitrogens is 3. The van der Waals surface area contributed by atoms with Gasteiger partial charge in [0.05, 0.1) is 42.5 Å². The van der Waals surface area contributed by atoms with Crippen LogP contribution in [0.5, 0.6) is 0 Å². The molecule has 160 valence electrons. The summed E-state index contributed by atoms with van der Waals surface area (Å²) in [6, 6.07) is 10.4. The zero-order valence-corrected chi connectivity index (χ0v) is 17.6. The Kier molecular flexibility index (Phi) is 4.12. The van der Waals surface area contributed by atoms with Crippen molar-refractivity contribution in [3.8, 4) is 11.3 Å². The van der Waals surface area contributed by atoms with Crippen LogP contribution in [0.4, 0.5) is 0 Å². The molecule has 0 unspecified atom stereocenters. The zero-order chi connectivity index (χ0) is 21.2. The Hall–Kier alpha value is -2.93.